The number of hydrogen-bond donors (Lipinski definition) is 0. The molecule has 0 radical (unpaired) electrons. The third-order valence-electron chi connectivity index (χ3n) is 10.6. The monoisotopic (exact) mass is 730 g/mol. The Hall–Kier alpha value is -3.76. The molecule has 254 valence electrons. The second-order valence-electron chi connectivity index (χ2n) is 13.6. The lowest BCUT2D eigenvalue weighted by Gasteiger charge is -2.31. The van der Waals surface area contributed by atoms with Crippen molar-refractivity contribution in [2.24, 2.45) is 0 Å². The number of hydrogen-bond acceptors (Lipinski definition) is 8. The van der Waals surface area contributed by atoms with Gasteiger partial charge in [0.25, 0.3) is 0 Å². The van der Waals surface area contributed by atoms with Crippen molar-refractivity contribution >= 4 is 57.5 Å². The Morgan fingerprint density at radius 2 is 0.800 bits per heavy atom. The predicted molar refractivity (Wildman–Crippen MR) is 212 cm³/mol. The summed E-state index contributed by atoms with van der Waals surface area (Å²) in [5.41, 5.74) is 5.91. The van der Waals surface area contributed by atoms with Gasteiger partial charge in [-0.05, 0) is 84.4 Å². The minimum atomic E-state index is -0.0547. The van der Waals surface area contributed by atoms with Crippen molar-refractivity contribution < 1.29 is 0 Å². The van der Waals surface area contributed by atoms with Crippen LogP contribution in [0.4, 0.5) is 0 Å². The van der Waals surface area contributed by atoms with E-state index in [9.17, 15) is 21.0 Å². The summed E-state index contributed by atoms with van der Waals surface area (Å²) in [5, 5.41) is 38.0. The average molecular weight is 731 g/mol. The quantitative estimate of drug-likeness (QED) is 0.114. The molecule has 50 heavy (non-hydrogen) atoms. The van der Waals surface area contributed by atoms with Gasteiger partial charge in [0, 0.05) is 49.8 Å². The first kappa shape index (κ1) is 36.0. The van der Waals surface area contributed by atoms with E-state index in [4.69, 9.17) is 0 Å². The Balaban J connectivity index is 1.52. The van der Waals surface area contributed by atoms with Gasteiger partial charge in [-0.2, -0.15) is 21.0 Å². The van der Waals surface area contributed by atoms with E-state index in [0.717, 1.165) is 86.8 Å². The number of rotatable bonds is 15. The molecule has 0 bridgehead atoms. The molecule has 4 aromatic rings. The fraction of sp³-hybridized carbons (Fsp3) is 0.429. The SMILES string of the molecule is CCCCC1(CCCC)c2cc(C=C(C#N)C#N)sc2-c2sc(-c3cc4c(s3)-c3sc(C=C(C#N)C#N)cc3C4(CCCC)CCCC)cc21. The van der Waals surface area contributed by atoms with Crippen molar-refractivity contribution in [1.82, 2.24) is 0 Å². The molecule has 8 heteroatoms. The number of thiophene rings is 4. The van der Waals surface area contributed by atoms with Crippen LogP contribution >= 0.6 is 45.3 Å². The average Bonchev–Trinajstić information content (AvgIpc) is 3.97. The van der Waals surface area contributed by atoms with Crippen molar-refractivity contribution in [2.45, 2.75) is 116 Å². The maximum Gasteiger partial charge on any atom is 0.131 e. The second-order valence-corrected chi connectivity index (χ2v) is 17.9. The third kappa shape index (κ3) is 6.12. The van der Waals surface area contributed by atoms with Crippen molar-refractivity contribution in [3.05, 3.63) is 67.4 Å². The zero-order valence-electron chi connectivity index (χ0n) is 29.4. The molecule has 0 aliphatic heterocycles. The molecule has 0 unspecified atom stereocenters. The van der Waals surface area contributed by atoms with Gasteiger partial charge in [-0.3, -0.25) is 0 Å². The van der Waals surface area contributed by atoms with E-state index >= 15 is 0 Å². The number of nitrogens with zero attached hydrogens (tertiary/aromatic N) is 4. The van der Waals surface area contributed by atoms with E-state index in [1.807, 2.05) is 22.7 Å². The van der Waals surface area contributed by atoms with Crippen LogP contribution in [0, 0.1) is 45.3 Å². The maximum atomic E-state index is 9.50. The van der Waals surface area contributed by atoms with Gasteiger partial charge in [0.1, 0.15) is 35.4 Å². The van der Waals surface area contributed by atoms with Gasteiger partial charge in [0.05, 0.1) is 0 Å². The summed E-state index contributed by atoms with van der Waals surface area (Å²) >= 11 is 7.29. The molecule has 0 aromatic carbocycles. The Morgan fingerprint density at radius 1 is 0.500 bits per heavy atom. The van der Waals surface area contributed by atoms with E-state index < -0.39 is 0 Å². The molecule has 4 nitrogen and oxygen atoms in total. The lowest BCUT2D eigenvalue weighted by atomic mass is 9.71. The first-order valence-electron chi connectivity index (χ1n) is 18.0. The van der Waals surface area contributed by atoms with Crippen molar-refractivity contribution in [3.8, 4) is 53.5 Å². The van der Waals surface area contributed by atoms with Gasteiger partial charge in [-0.25, -0.2) is 0 Å². The van der Waals surface area contributed by atoms with Gasteiger partial charge < -0.3 is 0 Å². The normalized spacial score (nSPS) is 14.0. The Morgan fingerprint density at radius 3 is 1.10 bits per heavy atom. The number of allylic oxidation sites excluding steroid dienone is 2. The van der Waals surface area contributed by atoms with Crippen LogP contribution in [0.1, 0.15) is 137 Å². The van der Waals surface area contributed by atoms with Crippen molar-refractivity contribution in [3.63, 3.8) is 0 Å². The van der Waals surface area contributed by atoms with Gasteiger partial charge >= 0.3 is 0 Å². The maximum absolute atomic E-state index is 9.50. The van der Waals surface area contributed by atoms with Crippen LogP contribution < -0.4 is 0 Å². The van der Waals surface area contributed by atoms with Gasteiger partial charge in [0.15, 0.2) is 0 Å². The number of fused-ring (bicyclic) bond motifs is 6. The molecule has 0 N–H and O–H groups in total. The minimum absolute atomic E-state index is 0.0547. The predicted octanol–water partition coefficient (Wildman–Crippen LogP) is 13.8. The summed E-state index contributed by atoms with van der Waals surface area (Å²) in [6.45, 7) is 9.09. The fourth-order valence-electron chi connectivity index (χ4n) is 8.08. The lowest BCUT2D eigenvalue weighted by Crippen LogP contribution is -2.25. The van der Waals surface area contributed by atoms with E-state index in [-0.39, 0.29) is 22.0 Å². The molecule has 2 aliphatic carbocycles. The molecule has 0 atom stereocenters. The molecule has 4 aromatic heterocycles. The van der Waals surface area contributed by atoms with Gasteiger partial charge in [-0.15, -0.1) is 45.3 Å². The lowest BCUT2D eigenvalue weighted by molar-refractivity contribution is 0.415. The molecule has 0 spiro atoms. The highest BCUT2D eigenvalue weighted by molar-refractivity contribution is 7.29. The largest absolute Gasteiger partial charge is 0.192 e. The van der Waals surface area contributed by atoms with Crippen LogP contribution in [0.2, 0.25) is 0 Å². The van der Waals surface area contributed by atoms with E-state index in [1.165, 1.54) is 51.5 Å². The molecule has 0 amide bonds. The summed E-state index contributed by atoms with van der Waals surface area (Å²) in [4.78, 5) is 9.99. The summed E-state index contributed by atoms with van der Waals surface area (Å²) in [6.07, 6.45) is 17.1. The topological polar surface area (TPSA) is 95.2 Å². The van der Waals surface area contributed by atoms with Crippen LogP contribution in [0.25, 0.3) is 41.4 Å². The van der Waals surface area contributed by atoms with Gasteiger partial charge in [0.2, 0.25) is 0 Å². The van der Waals surface area contributed by atoms with E-state index in [2.05, 4.69) is 76.2 Å². The minimum Gasteiger partial charge on any atom is -0.192 e. The highest BCUT2D eigenvalue weighted by atomic mass is 32.1. The van der Waals surface area contributed by atoms with Crippen LogP contribution in [0.5, 0.6) is 0 Å². The number of unbranched alkanes of at least 4 members (excludes halogenated alkanes) is 4. The summed E-state index contributed by atoms with van der Waals surface area (Å²) in [5.74, 6) is 0. The number of nitriles is 4. The molecular formula is C42H42N4S4. The highest BCUT2D eigenvalue weighted by Crippen LogP contribution is 2.64. The third-order valence-corrected chi connectivity index (χ3v) is 15.5. The fourth-order valence-corrected chi connectivity index (χ4v) is 13.4. The Kier molecular flexibility index (Phi) is 11.0. The Labute approximate surface area is 313 Å². The van der Waals surface area contributed by atoms with Crippen LogP contribution in [-0.4, -0.2) is 0 Å². The van der Waals surface area contributed by atoms with Crippen LogP contribution in [0.15, 0.2) is 35.4 Å². The van der Waals surface area contributed by atoms with Crippen molar-refractivity contribution in [2.75, 3.05) is 0 Å². The molecule has 0 saturated heterocycles. The molecular weight excluding hydrogens is 689 g/mol. The van der Waals surface area contributed by atoms with Crippen LogP contribution in [0.3, 0.4) is 0 Å². The summed E-state index contributed by atoms with van der Waals surface area (Å²) in [7, 11) is 0. The molecule has 6 rings (SSSR count). The summed E-state index contributed by atoms with van der Waals surface area (Å²) < 4.78 is 0. The second kappa shape index (κ2) is 15.2. The van der Waals surface area contributed by atoms with E-state index in [1.54, 1.807) is 34.8 Å². The smallest absolute Gasteiger partial charge is 0.131 e. The molecule has 2 aliphatic rings. The zero-order chi connectivity index (χ0) is 35.5. The highest BCUT2D eigenvalue weighted by Gasteiger charge is 2.47. The molecule has 0 fully saturated rings. The zero-order valence-corrected chi connectivity index (χ0v) is 32.6. The summed E-state index contributed by atoms with van der Waals surface area (Å²) in [6, 6.07) is 17.8. The first-order valence-corrected chi connectivity index (χ1v) is 21.3. The van der Waals surface area contributed by atoms with Gasteiger partial charge in [-0.1, -0.05) is 79.1 Å². The Bertz CT molecular complexity index is 1930. The van der Waals surface area contributed by atoms with Crippen molar-refractivity contribution in [1.29, 1.82) is 21.0 Å². The van der Waals surface area contributed by atoms with E-state index in [0.29, 0.717) is 0 Å². The first-order chi connectivity index (χ1) is 24.4. The van der Waals surface area contributed by atoms with Crippen LogP contribution in [-0.2, 0) is 10.8 Å². The molecule has 4 heterocycles. The molecule has 0 saturated carbocycles. The standard InChI is InChI=1S/C42H42N4S4/c1-5-9-13-41(14-10-6-2)31-19-29(17-27(23-43)24-44)47-37(31)39-33(41)21-35(49-39)36-22-34-40(50-36)38-32(20-30(48-38)18-28(25-45)26-46)42(34,15-11-7-3)16-12-8-4/h17-22H,5-16H2,1-4H3.